The first-order chi connectivity index (χ1) is 19.6. The van der Waals surface area contributed by atoms with E-state index in [1.165, 1.54) is 16.7 Å². The first-order valence-electron chi connectivity index (χ1n) is 13.6. The molecule has 0 spiro atoms. The molecule has 0 saturated carbocycles. The molecule has 0 bridgehead atoms. The molecule has 224 valence electrons. The fourth-order valence-corrected chi connectivity index (χ4v) is 5.38. The van der Waals surface area contributed by atoms with Crippen LogP contribution in [0.1, 0.15) is 37.7 Å². The van der Waals surface area contributed by atoms with Crippen molar-refractivity contribution in [3.8, 4) is 0 Å². The number of likely N-dealkylation sites (tertiary alicyclic amines) is 1. The lowest BCUT2D eigenvalue weighted by atomic mass is 10.0. The summed E-state index contributed by atoms with van der Waals surface area (Å²) < 4.78 is 0. The number of amides is 3. The third-order valence-electron chi connectivity index (χ3n) is 7.08. The van der Waals surface area contributed by atoms with Crippen LogP contribution in [-0.4, -0.2) is 93.9 Å². The Morgan fingerprint density at radius 3 is 2.59 bits per heavy atom. The third kappa shape index (κ3) is 8.85. The molecule has 14 heteroatoms. The van der Waals surface area contributed by atoms with Gasteiger partial charge in [-0.1, -0.05) is 18.2 Å². The quantitative estimate of drug-likeness (QED) is 0.0836. The Labute approximate surface area is 243 Å². The van der Waals surface area contributed by atoms with E-state index >= 15 is 0 Å². The van der Waals surface area contributed by atoms with Crippen LogP contribution in [0.4, 0.5) is 0 Å². The first-order valence-corrected chi connectivity index (χ1v) is 15.0. The number of aromatic nitrogens is 1. The number of aliphatic imine (C=N–C) groups is 1. The van der Waals surface area contributed by atoms with Gasteiger partial charge in [0.15, 0.2) is 5.96 Å². The maximum absolute atomic E-state index is 13.7. The molecule has 1 aliphatic rings. The summed E-state index contributed by atoms with van der Waals surface area (Å²) >= 11 is 1.51. The predicted molar refractivity (Wildman–Crippen MR) is 159 cm³/mol. The minimum atomic E-state index is -1.07. The van der Waals surface area contributed by atoms with Gasteiger partial charge < -0.3 is 42.8 Å². The highest BCUT2D eigenvalue weighted by Gasteiger charge is 2.38. The highest BCUT2D eigenvalue weighted by Crippen LogP contribution is 2.21. The fourth-order valence-electron chi connectivity index (χ4n) is 4.91. The molecule has 1 saturated heterocycles. The molecule has 4 atom stereocenters. The molecule has 1 aromatic carbocycles. The number of H-pyrrole nitrogens is 1. The van der Waals surface area contributed by atoms with Gasteiger partial charge in [0, 0.05) is 36.6 Å². The maximum atomic E-state index is 13.7. The second-order valence-electron chi connectivity index (χ2n) is 10.1. The number of nitrogens with two attached hydrogens (primary N) is 3. The van der Waals surface area contributed by atoms with Gasteiger partial charge >= 0.3 is 5.97 Å². The van der Waals surface area contributed by atoms with Crippen molar-refractivity contribution in [1.82, 2.24) is 20.5 Å². The monoisotopic (exact) mass is 588 g/mol. The molecule has 0 aliphatic carbocycles. The number of carbonyl (C=O) groups is 4. The van der Waals surface area contributed by atoms with Gasteiger partial charge in [-0.25, -0.2) is 4.79 Å². The Balaban J connectivity index is 1.79. The van der Waals surface area contributed by atoms with Crippen molar-refractivity contribution in [2.75, 3.05) is 25.1 Å². The Hall–Kier alpha value is -3.78. The normalized spacial score (nSPS) is 17.0. The first kappa shape index (κ1) is 31.7. The van der Waals surface area contributed by atoms with E-state index in [0.29, 0.717) is 50.9 Å². The van der Waals surface area contributed by atoms with Crippen LogP contribution in [0.5, 0.6) is 0 Å². The number of hydrogen-bond donors (Lipinski definition) is 7. The topological polar surface area (TPSA) is 222 Å². The van der Waals surface area contributed by atoms with Crippen LogP contribution < -0.4 is 27.8 Å². The van der Waals surface area contributed by atoms with Crippen molar-refractivity contribution in [3.05, 3.63) is 36.0 Å². The lowest BCUT2D eigenvalue weighted by Crippen LogP contribution is -2.57. The lowest BCUT2D eigenvalue weighted by Gasteiger charge is -2.29. The van der Waals surface area contributed by atoms with E-state index < -0.39 is 47.9 Å². The highest BCUT2D eigenvalue weighted by atomic mass is 32.2. The van der Waals surface area contributed by atoms with Crippen molar-refractivity contribution in [3.63, 3.8) is 0 Å². The number of nitrogens with one attached hydrogen (secondary N) is 3. The molecule has 3 amide bonds. The highest BCUT2D eigenvalue weighted by molar-refractivity contribution is 7.98. The van der Waals surface area contributed by atoms with Crippen molar-refractivity contribution < 1.29 is 24.3 Å². The summed E-state index contributed by atoms with van der Waals surface area (Å²) in [6, 6.07) is 3.79. The molecule has 4 unspecified atom stereocenters. The summed E-state index contributed by atoms with van der Waals surface area (Å²) in [5.74, 6) is -2.06. The van der Waals surface area contributed by atoms with E-state index in [-0.39, 0.29) is 12.4 Å². The van der Waals surface area contributed by atoms with Gasteiger partial charge in [-0.3, -0.25) is 19.4 Å². The molecule has 1 aliphatic heterocycles. The number of carboxylic acid groups (broad SMARTS) is 1. The van der Waals surface area contributed by atoms with Gasteiger partial charge in [0.25, 0.3) is 0 Å². The van der Waals surface area contributed by atoms with E-state index in [2.05, 4.69) is 20.6 Å². The number of rotatable bonds is 15. The van der Waals surface area contributed by atoms with E-state index in [9.17, 15) is 24.3 Å². The minimum absolute atomic E-state index is 0.0485. The van der Waals surface area contributed by atoms with Crippen LogP contribution in [0.15, 0.2) is 35.5 Å². The molecule has 2 heterocycles. The lowest BCUT2D eigenvalue weighted by molar-refractivity contribution is -0.149. The molecule has 2 aromatic rings. The molecule has 1 aromatic heterocycles. The number of hydrogen-bond acceptors (Lipinski definition) is 7. The van der Waals surface area contributed by atoms with Gasteiger partial charge in [-0.15, -0.1) is 0 Å². The molecular formula is C27H40N8O5S. The summed E-state index contributed by atoms with van der Waals surface area (Å²) in [6.07, 6.45) is 5.83. The standard InChI is InChI=1S/C27H40N8O5S/c1-41-13-10-20(25(38)35-12-5-9-22(35)26(39)40)33-24(37)21(14-16-15-32-19-8-3-2-6-17(16)19)34-23(36)18(28)7-4-11-31-27(29)30/h2-3,6,8,15,18,20-22,32H,4-5,7,9-14,28H2,1H3,(H,33,37)(H,34,36)(H,39,40)(H4,29,30,31). The molecule has 3 rings (SSSR count). The second-order valence-corrected chi connectivity index (χ2v) is 11.0. The van der Waals surface area contributed by atoms with Gasteiger partial charge in [0.1, 0.15) is 18.1 Å². The number of para-hydroxylation sites is 1. The van der Waals surface area contributed by atoms with Crippen molar-refractivity contribution in [1.29, 1.82) is 0 Å². The zero-order chi connectivity index (χ0) is 29.9. The Morgan fingerprint density at radius 2 is 1.88 bits per heavy atom. The molecule has 1 fully saturated rings. The number of aromatic amines is 1. The molecule has 13 nitrogen and oxygen atoms in total. The van der Waals surface area contributed by atoms with Crippen molar-refractivity contribution in [2.45, 2.75) is 62.7 Å². The van der Waals surface area contributed by atoms with Crippen LogP contribution in [0.2, 0.25) is 0 Å². The van der Waals surface area contributed by atoms with Crippen molar-refractivity contribution in [2.24, 2.45) is 22.2 Å². The van der Waals surface area contributed by atoms with E-state index in [4.69, 9.17) is 17.2 Å². The number of fused-ring (bicyclic) bond motifs is 1. The molecule has 41 heavy (non-hydrogen) atoms. The van der Waals surface area contributed by atoms with E-state index in [1.807, 2.05) is 30.5 Å². The van der Waals surface area contributed by atoms with Crippen LogP contribution >= 0.6 is 11.8 Å². The summed E-state index contributed by atoms with van der Waals surface area (Å²) in [6.45, 7) is 0.626. The zero-order valence-electron chi connectivity index (χ0n) is 23.2. The zero-order valence-corrected chi connectivity index (χ0v) is 24.0. The molecule has 0 radical (unpaired) electrons. The number of guanidine groups is 1. The third-order valence-corrected chi connectivity index (χ3v) is 7.73. The predicted octanol–water partition coefficient (Wildman–Crippen LogP) is -0.110. The summed E-state index contributed by atoms with van der Waals surface area (Å²) in [5, 5.41) is 16.1. The Bertz CT molecular complexity index is 1250. The smallest absolute Gasteiger partial charge is 0.326 e. The summed E-state index contributed by atoms with van der Waals surface area (Å²) in [4.78, 5) is 60.3. The second kappa shape index (κ2) is 15.3. The SMILES string of the molecule is CSCCC(NC(=O)C(Cc1c[nH]c2ccccc12)NC(=O)C(N)CCCN=C(N)N)C(=O)N1CCCC1C(=O)O. The van der Waals surface area contributed by atoms with Crippen LogP contribution in [0.3, 0.4) is 0 Å². The number of carboxylic acids is 1. The molecule has 10 N–H and O–H groups in total. The average molecular weight is 589 g/mol. The summed E-state index contributed by atoms with van der Waals surface area (Å²) in [7, 11) is 0. The number of carbonyl (C=O) groups excluding carboxylic acids is 3. The number of nitrogens with zero attached hydrogens (tertiary/aromatic N) is 2. The van der Waals surface area contributed by atoms with Crippen molar-refractivity contribution >= 4 is 52.3 Å². The maximum Gasteiger partial charge on any atom is 0.326 e. The van der Waals surface area contributed by atoms with Gasteiger partial charge in [0.2, 0.25) is 17.7 Å². The van der Waals surface area contributed by atoms with E-state index in [0.717, 1.165) is 16.5 Å². The number of aliphatic carboxylic acids is 1. The van der Waals surface area contributed by atoms with E-state index in [1.54, 1.807) is 6.20 Å². The Morgan fingerprint density at radius 1 is 1.15 bits per heavy atom. The van der Waals surface area contributed by atoms with Crippen LogP contribution in [-0.2, 0) is 25.6 Å². The Kier molecular flexibility index (Phi) is 11.8. The van der Waals surface area contributed by atoms with Crippen LogP contribution in [0.25, 0.3) is 10.9 Å². The largest absolute Gasteiger partial charge is 0.480 e. The van der Waals surface area contributed by atoms with Gasteiger partial charge in [-0.2, -0.15) is 11.8 Å². The molecular weight excluding hydrogens is 548 g/mol. The van der Waals surface area contributed by atoms with Crippen LogP contribution in [0, 0.1) is 0 Å². The number of benzene rings is 1. The number of thioether (sulfide) groups is 1. The summed E-state index contributed by atoms with van der Waals surface area (Å²) in [5.41, 5.74) is 18.5. The fraction of sp³-hybridized carbons (Fsp3) is 0.519. The minimum Gasteiger partial charge on any atom is -0.480 e. The van der Waals surface area contributed by atoms with Gasteiger partial charge in [0.05, 0.1) is 6.04 Å². The average Bonchev–Trinajstić information content (AvgIpc) is 3.60. The van der Waals surface area contributed by atoms with Gasteiger partial charge in [-0.05, 0) is 55.7 Å².